The molecular formula is C18H24N4O2S. The minimum absolute atomic E-state index is 0.0247. The smallest absolute Gasteiger partial charge is 0.274 e. The number of nitrogens with one attached hydrogen (secondary N) is 2. The van der Waals surface area contributed by atoms with Crippen molar-refractivity contribution in [2.24, 2.45) is 4.99 Å². The normalized spacial score (nSPS) is 12.0. The second-order valence-corrected chi connectivity index (χ2v) is 7.24. The SMILES string of the molecule is CCNC(=NCc1ccccc1[N+](=O)[O-])NCC(C)(C)c1cccs1. The van der Waals surface area contributed by atoms with Gasteiger partial charge in [-0.2, -0.15) is 0 Å². The van der Waals surface area contributed by atoms with Gasteiger partial charge in [-0.25, -0.2) is 4.99 Å². The first kappa shape index (κ1) is 18.9. The highest BCUT2D eigenvalue weighted by Gasteiger charge is 2.22. The van der Waals surface area contributed by atoms with Crippen LogP contribution in [0.3, 0.4) is 0 Å². The van der Waals surface area contributed by atoms with Crippen molar-refractivity contribution >= 4 is 23.0 Å². The molecule has 0 fully saturated rings. The number of nitrogens with zero attached hydrogens (tertiary/aromatic N) is 2. The standard InChI is InChI=1S/C18H24N4O2S/c1-4-19-17(21-13-18(2,3)16-10-7-11-25-16)20-12-14-8-5-6-9-15(14)22(23)24/h5-11H,4,12-13H2,1-3H3,(H2,19,20,21). The molecular weight excluding hydrogens is 336 g/mol. The molecule has 0 radical (unpaired) electrons. The van der Waals surface area contributed by atoms with Crippen LogP contribution in [0.5, 0.6) is 0 Å². The van der Waals surface area contributed by atoms with Gasteiger partial charge in [-0.05, 0) is 18.4 Å². The van der Waals surface area contributed by atoms with Crippen molar-refractivity contribution in [2.45, 2.75) is 32.7 Å². The van der Waals surface area contributed by atoms with E-state index in [0.29, 0.717) is 11.5 Å². The Labute approximate surface area is 152 Å². The van der Waals surface area contributed by atoms with Crippen molar-refractivity contribution in [1.29, 1.82) is 0 Å². The highest BCUT2D eigenvalue weighted by atomic mass is 32.1. The predicted octanol–water partition coefficient (Wildman–Crippen LogP) is 3.69. The lowest BCUT2D eigenvalue weighted by Crippen LogP contribution is -2.43. The van der Waals surface area contributed by atoms with Gasteiger partial charge in [0.2, 0.25) is 0 Å². The molecule has 2 rings (SSSR count). The van der Waals surface area contributed by atoms with E-state index in [1.165, 1.54) is 10.9 Å². The first-order valence-corrected chi connectivity index (χ1v) is 9.10. The fourth-order valence-corrected chi connectivity index (χ4v) is 3.24. The van der Waals surface area contributed by atoms with Crippen molar-refractivity contribution in [3.63, 3.8) is 0 Å². The lowest BCUT2D eigenvalue weighted by atomic mass is 9.91. The zero-order chi connectivity index (χ0) is 18.3. The van der Waals surface area contributed by atoms with Crippen LogP contribution in [0.4, 0.5) is 5.69 Å². The van der Waals surface area contributed by atoms with Gasteiger partial charge in [0.1, 0.15) is 0 Å². The summed E-state index contributed by atoms with van der Waals surface area (Å²) in [5, 5.41) is 19.7. The Morgan fingerprint density at radius 1 is 1.24 bits per heavy atom. The summed E-state index contributed by atoms with van der Waals surface area (Å²) in [6, 6.07) is 10.9. The summed E-state index contributed by atoms with van der Waals surface area (Å²) in [5.41, 5.74) is 0.673. The molecule has 2 aromatic rings. The molecule has 0 bridgehead atoms. The molecule has 0 spiro atoms. The molecule has 7 heteroatoms. The molecule has 1 heterocycles. The largest absolute Gasteiger partial charge is 0.357 e. The van der Waals surface area contributed by atoms with Crippen molar-refractivity contribution < 1.29 is 4.92 Å². The Hall–Kier alpha value is -2.41. The number of hydrogen-bond donors (Lipinski definition) is 2. The molecule has 0 saturated carbocycles. The molecule has 1 aromatic carbocycles. The van der Waals surface area contributed by atoms with E-state index >= 15 is 0 Å². The monoisotopic (exact) mass is 360 g/mol. The summed E-state index contributed by atoms with van der Waals surface area (Å²) in [6.45, 7) is 8.05. The maximum Gasteiger partial charge on any atom is 0.274 e. The first-order chi connectivity index (χ1) is 11.9. The summed E-state index contributed by atoms with van der Waals surface area (Å²) >= 11 is 1.74. The topological polar surface area (TPSA) is 79.6 Å². The zero-order valence-corrected chi connectivity index (χ0v) is 15.6. The van der Waals surface area contributed by atoms with Crippen LogP contribution in [-0.2, 0) is 12.0 Å². The third-order valence-corrected chi connectivity index (χ3v) is 5.06. The van der Waals surface area contributed by atoms with Crippen LogP contribution < -0.4 is 10.6 Å². The maximum absolute atomic E-state index is 11.1. The van der Waals surface area contributed by atoms with E-state index in [9.17, 15) is 10.1 Å². The van der Waals surface area contributed by atoms with Crippen LogP contribution in [-0.4, -0.2) is 24.0 Å². The Balaban J connectivity index is 2.07. The van der Waals surface area contributed by atoms with Crippen molar-refractivity contribution in [2.75, 3.05) is 13.1 Å². The number of thiophene rings is 1. The van der Waals surface area contributed by atoms with Gasteiger partial charge in [0.15, 0.2) is 5.96 Å². The fourth-order valence-electron chi connectivity index (χ4n) is 2.38. The molecule has 25 heavy (non-hydrogen) atoms. The molecule has 0 saturated heterocycles. The van der Waals surface area contributed by atoms with Crippen molar-refractivity contribution in [3.8, 4) is 0 Å². The minimum Gasteiger partial charge on any atom is -0.357 e. The Morgan fingerprint density at radius 3 is 2.64 bits per heavy atom. The Bertz CT molecular complexity index is 726. The van der Waals surface area contributed by atoms with E-state index in [0.717, 1.165) is 13.1 Å². The molecule has 0 aliphatic carbocycles. The van der Waals surface area contributed by atoms with Crippen LogP contribution in [0, 0.1) is 10.1 Å². The molecule has 6 nitrogen and oxygen atoms in total. The van der Waals surface area contributed by atoms with Crippen LogP contribution in [0.15, 0.2) is 46.8 Å². The first-order valence-electron chi connectivity index (χ1n) is 8.22. The number of nitro benzene ring substituents is 1. The molecule has 2 N–H and O–H groups in total. The van der Waals surface area contributed by atoms with Crippen LogP contribution >= 0.6 is 11.3 Å². The average molecular weight is 360 g/mol. The zero-order valence-electron chi connectivity index (χ0n) is 14.8. The number of hydrogen-bond acceptors (Lipinski definition) is 4. The van der Waals surface area contributed by atoms with Gasteiger partial charge < -0.3 is 10.6 Å². The fraction of sp³-hybridized carbons (Fsp3) is 0.389. The lowest BCUT2D eigenvalue weighted by Gasteiger charge is -2.25. The van der Waals surface area contributed by atoms with E-state index in [4.69, 9.17) is 0 Å². The number of guanidine groups is 1. The van der Waals surface area contributed by atoms with Gasteiger partial charge >= 0.3 is 0 Å². The average Bonchev–Trinajstić information content (AvgIpc) is 3.13. The van der Waals surface area contributed by atoms with Crippen LogP contribution in [0.25, 0.3) is 0 Å². The summed E-state index contributed by atoms with van der Waals surface area (Å²) in [6.07, 6.45) is 0. The summed E-state index contributed by atoms with van der Waals surface area (Å²) in [7, 11) is 0. The molecule has 0 atom stereocenters. The minimum atomic E-state index is -0.370. The molecule has 0 unspecified atom stereocenters. The van der Waals surface area contributed by atoms with Crippen molar-refractivity contribution in [3.05, 3.63) is 62.3 Å². The summed E-state index contributed by atoms with van der Waals surface area (Å²) < 4.78 is 0. The Morgan fingerprint density at radius 2 is 2.00 bits per heavy atom. The molecule has 0 amide bonds. The lowest BCUT2D eigenvalue weighted by molar-refractivity contribution is -0.385. The van der Waals surface area contributed by atoms with Gasteiger partial charge in [0.05, 0.1) is 17.0 Å². The summed E-state index contributed by atoms with van der Waals surface area (Å²) in [4.78, 5) is 16.5. The number of nitro groups is 1. The van der Waals surface area contributed by atoms with Gasteiger partial charge in [-0.1, -0.05) is 38.1 Å². The number of aliphatic imine (C=N–C) groups is 1. The van der Waals surface area contributed by atoms with Gasteiger partial charge in [-0.15, -0.1) is 11.3 Å². The van der Waals surface area contributed by atoms with E-state index < -0.39 is 0 Å². The van der Waals surface area contributed by atoms with Gasteiger partial charge in [-0.3, -0.25) is 10.1 Å². The molecule has 0 aliphatic rings. The highest BCUT2D eigenvalue weighted by Crippen LogP contribution is 2.26. The van der Waals surface area contributed by atoms with Crippen molar-refractivity contribution in [1.82, 2.24) is 10.6 Å². The molecule has 134 valence electrons. The summed E-state index contributed by atoms with van der Waals surface area (Å²) in [5.74, 6) is 0.658. The van der Waals surface area contributed by atoms with Gasteiger partial charge in [0, 0.05) is 29.4 Å². The van der Waals surface area contributed by atoms with Crippen LogP contribution in [0.2, 0.25) is 0 Å². The van der Waals surface area contributed by atoms with Crippen LogP contribution in [0.1, 0.15) is 31.2 Å². The molecule has 1 aromatic heterocycles. The number of rotatable bonds is 7. The third kappa shape index (κ3) is 5.29. The second kappa shape index (κ2) is 8.62. The third-order valence-electron chi connectivity index (χ3n) is 3.83. The predicted molar refractivity (Wildman–Crippen MR) is 103 cm³/mol. The second-order valence-electron chi connectivity index (χ2n) is 6.30. The van der Waals surface area contributed by atoms with Gasteiger partial charge in [0.25, 0.3) is 5.69 Å². The van der Waals surface area contributed by atoms with E-state index in [1.54, 1.807) is 29.5 Å². The van der Waals surface area contributed by atoms with E-state index in [2.05, 4.69) is 47.0 Å². The van der Waals surface area contributed by atoms with E-state index in [-0.39, 0.29) is 22.6 Å². The number of benzene rings is 1. The highest BCUT2D eigenvalue weighted by molar-refractivity contribution is 7.10. The maximum atomic E-state index is 11.1. The van der Waals surface area contributed by atoms with E-state index in [1.807, 2.05) is 6.92 Å². The number of para-hydroxylation sites is 1. The molecule has 0 aliphatic heterocycles. The Kier molecular flexibility index (Phi) is 6.52. The quantitative estimate of drug-likeness (QED) is 0.342.